The van der Waals surface area contributed by atoms with Crippen molar-refractivity contribution in [3.05, 3.63) is 65.5 Å². The van der Waals surface area contributed by atoms with Gasteiger partial charge in [0.1, 0.15) is 5.82 Å². The van der Waals surface area contributed by atoms with Gasteiger partial charge in [-0.25, -0.2) is 4.39 Å². The van der Waals surface area contributed by atoms with E-state index in [9.17, 15) is 4.39 Å². The van der Waals surface area contributed by atoms with E-state index < -0.39 is 0 Å². The number of hydrogen-bond acceptors (Lipinski definition) is 2. The average Bonchev–Trinajstić information content (AvgIpc) is 2.41. The molecule has 0 amide bonds. The zero-order valence-electron chi connectivity index (χ0n) is 10.2. The Morgan fingerprint density at radius 3 is 2.56 bits per heavy atom. The number of anilines is 1. The summed E-state index contributed by atoms with van der Waals surface area (Å²) >= 11 is 0. The zero-order valence-corrected chi connectivity index (χ0v) is 10.2. The molecule has 2 nitrogen and oxygen atoms in total. The van der Waals surface area contributed by atoms with Crippen LogP contribution in [0.3, 0.4) is 0 Å². The van der Waals surface area contributed by atoms with Gasteiger partial charge in [0.2, 0.25) is 0 Å². The fraction of sp³-hybridized carbons (Fsp3) is 0.200. The Balaban J connectivity index is 1.94. The lowest BCUT2D eigenvalue weighted by molar-refractivity contribution is 0.625. The first-order valence-corrected chi connectivity index (χ1v) is 6.06. The molecule has 2 aromatic carbocycles. The van der Waals surface area contributed by atoms with Crippen LogP contribution < -0.4 is 11.1 Å². The molecule has 0 bridgehead atoms. The normalized spacial score (nSPS) is 10.3. The Bertz CT molecular complexity index is 497. The maximum Gasteiger partial charge on any atom is 0.123 e. The second kappa shape index (κ2) is 6.17. The third-order valence-corrected chi connectivity index (χ3v) is 2.86. The molecule has 0 fully saturated rings. The SMILES string of the molecule is NCc1cc(F)ccc1NCCc1ccccc1. The van der Waals surface area contributed by atoms with Crippen molar-refractivity contribution in [2.75, 3.05) is 11.9 Å². The number of nitrogens with one attached hydrogen (secondary N) is 1. The highest BCUT2D eigenvalue weighted by Crippen LogP contribution is 2.16. The molecule has 0 spiro atoms. The van der Waals surface area contributed by atoms with Crippen LogP contribution in [0.15, 0.2) is 48.5 Å². The molecule has 18 heavy (non-hydrogen) atoms. The summed E-state index contributed by atoms with van der Waals surface area (Å²) in [6, 6.07) is 14.9. The molecule has 3 heteroatoms. The molecule has 0 aliphatic heterocycles. The summed E-state index contributed by atoms with van der Waals surface area (Å²) in [6.45, 7) is 1.15. The van der Waals surface area contributed by atoms with Gasteiger partial charge in [0.25, 0.3) is 0 Å². The lowest BCUT2D eigenvalue weighted by Crippen LogP contribution is -2.09. The lowest BCUT2D eigenvalue weighted by Gasteiger charge is -2.11. The van der Waals surface area contributed by atoms with E-state index in [0.717, 1.165) is 24.2 Å². The minimum absolute atomic E-state index is 0.246. The Hall–Kier alpha value is -1.87. The van der Waals surface area contributed by atoms with Gasteiger partial charge in [-0.3, -0.25) is 0 Å². The minimum atomic E-state index is -0.246. The van der Waals surface area contributed by atoms with Gasteiger partial charge >= 0.3 is 0 Å². The summed E-state index contributed by atoms with van der Waals surface area (Å²) < 4.78 is 13.0. The summed E-state index contributed by atoms with van der Waals surface area (Å²) in [7, 11) is 0. The number of halogens is 1. The smallest absolute Gasteiger partial charge is 0.123 e. The predicted molar refractivity (Wildman–Crippen MR) is 72.9 cm³/mol. The van der Waals surface area contributed by atoms with E-state index in [0.29, 0.717) is 6.54 Å². The van der Waals surface area contributed by atoms with Crippen LogP contribution in [0.4, 0.5) is 10.1 Å². The third kappa shape index (κ3) is 3.31. The second-order valence-corrected chi connectivity index (χ2v) is 4.17. The van der Waals surface area contributed by atoms with Gasteiger partial charge in [0, 0.05) is 18.8 Å². The van der Waals surface area contributed by atoms with Crippen molar-refractivity contribution in [2.24, 2.45) is 5.73 Å². The van der Waals surface area contributed by atoms with E-state index >= 15 is 0 Å². The van der Waals surface area contributed by atoms with Gasteiger partial charge in [-0.05, 0) is 35.7 Å². The molecule has 3 N–H and O–H groups in total. The summed E-state index contributed by atoms with van der Waals surface area (Å²) in [5.41, 5.74) is 8.60. The van der Waals surface area contributed by atoms with E-state index in [2.05, 4.69) is 17.4 Å². The number of hydrogen-bond donors (Lipinski definition) is 2. The van der Waals surface area contributed by atoms with Crippen molar-refractivity contribution in [1.82, 2.24) is 0 Å². The topological polar surface area (TPSA) is 38.0 Å². The number of nitrogens with two attached hydrogens (primary N) is 1. The van der Waals surface area contributed by atoms with E-state index in [1.54, 1.807) is 6.07 Å². The first kappa shape index (κ1) is 12.6. The fourth-order valence-electron chi connectivity index (χ4n) is 1.89. The molecule has 0 aliphatic rings. The molecule has 0 heterocycles. The molecule has 0 atom stereocenters. The molecular formula is C15H17FN2. The highest BCUT2D eigenvalue weighted by Gasteiger charge is 2.02. The van der Waals surface area contributed by atoms with Crippen LogP contribution in [0.25, 0.3) is 0 Å². The van der Waals surface area contributed by atoms with Crippen molar-refractivity contribution in [3.63, 3.8) is 0 Å². The Morgan fingerprint density at radius 1 is 1.06 bits per heavy atom. The first-order valence-electron chi connectivity index (χ1n) is 6.06. The van der Waals surface area contributed by atoms with Crippen molar-refractivity contribution >= 4 is 5.69 Å². The zero-order chi connectivity index (χ0) is 12.8. The summed E-state index contributed by atoms with van der Waals surface area (Å²) in [4.78, 5) is 0. The summed E-state index contributed by atoms with van der Waals surface area (Å²) in [5, 5.41) is 3.29. The highest BCUT2D eigenvalue weighted by atomic mass is 19.1. The van der Waals surface area contributed by atoms with E-state index in [-0.39, 0.29) is 5.82 Å². The third-order valence-electron chi connectivity index (χ3n) is 2.86. The van der Waals surface area contributed by atoms with Gasteiger partial charge in [0.05, 0.1) is 0 Å². The molecular weight excluding hydrogens is 227 g/mol. The van der Waals surface area contributed by atoms with Gasteiger partial charge in [-0.1, -0.05) is 30.3 Å². The summed E-state index contributed by atoms with van der Waals surface area (Å²) in [5.74, 6) is -0.246. The van der Waals surface area contributed by atoms with Crippen LogP contribution in [0.1, 0.15) is 11.1 Å². The van der Waals surface area contributed by atoms with Crippen molar-refractivity contribution in [2.45, 2.75) is 13.0 Å². The van der Waals surface area contributed by atoms with Crippen LogP contribution in [0.2, 0.25) is 0 Å². The summed E-state index contributed by atoms with van der Waals surface area (Å²) in [6.07, 6.45) is 0.933. The van der Waals surface area contributed by atoms with Crippen LogP contribution in [0, 0.1) is 5.82 Å². The van der Waals surface area contributed by atoms with Crippen LogP contribution in [-0.4, -0.2) is 6.54 Å². The lowest BCUT2D eigenvalue weighted by atomic mass is 10.1. The van der Waals surface area contributed by atoms with Crippen molar-refractivity contribution < 1.29 is 4.39 Å². The Kier molecular flexibility index (Phi) is 4.31. The maximum absolute atomic E-state index is 13.0. The quantitative estimate of drug-likeness (QED) is 0.848. The monoisotopic (exact) mass is 244 g/mol. The molecule has 0 saturated heterocycles. The molecule has 2 aromatic rings. The van der Waals surface area contributed by atoms with E-state index in [1.807, 2.05) is 18.2 Å². The average molecular weight is 244 g/mol. The predicted octanol–water partition coefficient (Wildman–Crippen LogP) is 2.94. The maximum atomic E-state index is 13.0. The van der Waals surface area contributed by atoms with Crippen LogP contribution in [0.5, 0.6) is 0 Å². The van der Waals surface area contributed by atoms with Crippen molar-refractivity contribution in [3.8, 4) is 0 Å². The van der Waals surface area contributed by atoms with Gasteiger partial charge in [-0.2, -0.15) is 0 Å². The molecule has 0 aromatic heterocycles. The fourth-order valence-corrected chi connectivity index (χ4v) is 1.89. The van der Waals surface area contributed by atoms with Crippen molar-refractivity contribution in [1.29, 1.82) is 0 Å². The van der Waals surface area contributed by atoms with Gasteiger partial charge in [-0.15, -0.1) is 0 Å². The van der Waals surface area contributed by atoms with Crippen LogP contribution in [-0.2, 0) is 13.0 Å². The second-order valence-electron chi connectivity index (χ2n) is 4.17. The molecule has 0 saturated carbocycles. The largest absolute Gasteiger partial charge is 0.384 e. The molecule has 94 valence electrons. The standard InChI is InChI=1S/C15H17FN2/c16-14-6-7-15(13(10-14)11-17)18-9-8-12-4-2-1-3-5-12/h1-7,10,18H,8-9,11,17H2. The molecule has 0 unspecified atom stereocenters. The molecule has 0 aliphatic carbocycles. The highest BCUT2D eigenvalue weighted by molar-refractivity contribution is 5.51. The minimum Gasteiger partial charge on any atom is -0.384 e. The van der Waals surface area contributed by atoms with E-state index in [1.165, 1.54) is 17.7 Å². The van der Waals surface area contributed by atoms with Crippen LogP contribution >= 0.6 is 0 Å². The van der Waals surface area contributed by atoms with Gasteiger partial charge < -0.3 is 11.1 Å². The van der Waals surface area contributed by atoms with Gasteiger partial charge in [0.15, 0.2) is 0 Å². The number of rotatable bonds is 5. The Morgan fingerprint density at radius 2 is 1.83 bits per heavy atom. The number of benzene rings is 2. The Labute approximate surface area is 107 Å². The molecule has 0 radical (unpaired) electrons. The van der Waals surface area contributed by atoms with E-state index in [4.69, 9.17) is 5.73 Å². The first-order chi connectivity index (χ1) is 8.79. The molecule has 2 rings (SSSR count).